The highest BCUT2D eigenvalue weighted by atomic mass is 35.5. The summed E-state index contributed by atoms with van der Waals surface area (Å²) in [6.45, 7) is 7.32. The second-order valence-corrected chi connectivity index (χ2v) is 9.18. The highest BCUT2D eigenvalue weighted by Gasteiger charge is 2.34. The molecule has 0 fully saturated rings. The maximum atomic E-state index is 12.8. The molecule has 1 N–H and O–H groups in total. The van der Waals surface area contributed by atoms with Gasteiger partial charge in [-0.3, -0.25) is 9.48 Å². The molecule has 1 atom stereocenters. The Hall–Kier alpha value is -2.60. The summed E-state index contributed by atoms with van der Waals surface area (Å²) in [6.07, 6.45) is 6.15. The average Bonchev–Trinajstić information content (AvgIpc) is 3.29. The zero-order valence-electron chi connectivity index (χ0n) is 16.9. The molecule has 0 bridgehead atoms. The van der Waals surface area contributed by atoms with Gasteiger partial charge in [-0.2, -0.15) is 5.10 Å². The fourth-order valence-corrected chi connectivity index (χ4v) is 3.93. The lowest BCUT2D eigenvalue weighted by Gasteiger charge is -2.33. The van der Waals surface area contributed by atoms with Crippen LogP contribution in [0.5, 0.6) is 0 Å². The van der Waals surface area contributed by atoms with Gasteiger partial charge in [0.05, 0.1) is 18.4 Å². The van der Waals surface area contributed by atoms with E-state index in [1.165, 1.54) is 0 Å². The number of hydrogen-bond acceptors (Lipinski definition) is 4. The van der Waals surface area contributed by atoms with Crippen molar-refractivity contribution in [3.05, 3.63) is 64.3 Å². The number of benzene rings is 1. The van der Waals surface area contributed by atoms with Crippen LogP contribution in [0.25, 0.3) is 0 Å². The molecule has 152 valence electrons. The molecule has 1 aliphatic rings. The zero-order chi connectivity index (χ0) is 20.6. The van der Waals surface area contributed by atoms with Crippen molar-refractivity contribution in [1.29, 1.82) is 0 Å². The summed E-state index contributed by atoms with van der Waals surface area (Å²) < 4.78 is 7.23. The largest absolute Gasteiger partial charge is 0.360 e. The van der Waals surface area contributed by atoms with Crippen LogP contribution in [0, 0.1) is 11.3 Å². The molecule has 0 saturated heterocycles. The molecular weight excluding hydrogens is 388 g/mol. The van der Waals surface area contributed by atoms with Crippen LogP contribution in [0.1, 0.15) is 54.6 Å². The maximum absolute atomic E-state index is 12.8. The van der Waals surface area contributed by atoms with E-state index in [9.17, 15) is 4.79 Å². The first kappa shape index (κ1) is 19.7. The van der Waals surface area contributed by atoms with Crippen LogP contribution in [0.4, 0.5) is 5.69 Å². The van der Waals surface area contributed by atoms with Crippen molar-refractivity contribution >= 4 is 23.2 Å². The minimum absolute atomic E-state index is 0.186. The summed E-state index contributed by atoms with van der Waals surface area (Å²) in [6, 6.07) is 7.61. The maximum Gasteiger partial charge on any atom is 0.278 e. The molecule has 0 saturated carbocycles. The lowest BCUT2D eigenvalue weighted by atomic mass is 9.71. The second kappa shape index (κ2) is 7.67. The van der Waals surface area contributed by atoms with E-state index in [0.717, 1.165) is 36.1 Å². The number of nitrogens with one attached hydrogen (secondary N) is 1. The Labute approximate surface area is 175 Å². The third kappa shape index (κ3) is 4.37. The molecule has 4 rings (SSSR count). The summed E-state index contributed by atoms with van der Waals surface area (Å²) in [5, 5.41) is 12.0. The van der Waals surface area contributed by atoms with E-state index in [0.29, 0.717) is 28.9 Å². The number of carbonyl (C=O) groups excluding carboxylic acids is 1. The SMILES string of the molecule is CC(C)(C)C1CCc2onc(C(=O)Nc3cnn(Cc4ccc(Cl)cc4)c3)c2C1. The highest BCUT2D eigenvalue weighted by Crippen LogP contribution is 2.38. The van der Waals surface area contributed by atoms with Crippen LogP contribution in [0.3, 0.4) is 0 Å². The van der Waals surface area contributed by atoms with Crippen LogP contribution < -0.4 is 5.32 Å². The number of aryl methyl sites for hydroxylation is 1. The van der Waals surface area contributed by atoms with Crippen molar-refractivity contribution in [3.63, 3.8) is 0 Å². The van der Waals surface area contributed by atoms with Crippen molar-refractivity contribution in [3.8, 4) is 0 Å². The van der Waals surface area contributed by atoms with Gasteiger partial charge < -0.3 is 9.84 Å². The molecule has 29 heavy (non-hydrogen) atoms. The molecular formula is C22H25ClN4O2. The minimum atomic E-state index is -0.254. The summed E-state index contributed by atoms with van der Waals surface area (Å²) in [5.74, 6) is 1.09. The van der Waals surface area contributed by atoms with E-state index in [4.69, 9.17) is 16.1 Å². The quantitative estimate of drug-likeness (QED) is 0.656. The van der Waals surface area contributed by atoms with E-state index in [1.54, 1.807) is 17.1 Å². The fraction of sp³-hybridized carbons (Fsp3) is 0.409. The van der Waals surface area contributed by atoms with Crippen LogP contribution in [0.15, 0.2) is 41.2 Å². The van der Waals surface area contributed by atoms with Crippen molar-refractivity contribution in [2.75, 3.05) is 5.32 Å². The summed E-state index contributed by atoms with van der Waals surface area (Å²) >= 11 is 5.93. The summed E-state index contributed by atoms with van der Waals surface area (Å²) in [4.78, 5) is 12.8. The van der Waals surface area contributed by atoms with Gasteiger partial charge in [0.2, 0.25) is 0 Å². The molecule has 0 radical (unpaired) electrons. The molecule has 2 heterocycles. The molecule has 1 amide bonds. The standard InChI is InChI=1S/C22H25ClN4O2/c1-22(2,3)15-6-9-19-18(10-15)20(26-29-19)21(28)25-17-11-24-27(13-17)12-14-4-7-16(23)8-5-14/h4-5,7-8,11,13,15H,6,9-10,12H2,1-3H3,(H,25,28). The number of hydrogen-bond donors (Lipinski definition) is 1. The van der Waals surface area contributed by atoms with Gasteiger partial charge in [0.15, 0.2) is 5.69 Å². The number of carbonyl (C=O) groups is 1. The van der Waals surface area contributed by atoms with Gasteiger partial charge in [0.1, 0.15) is 5.76 Å². The summed E-state index contributed by atoms with van der Waals surface area (Å²) in [5.41, 5.74) is 3.23. The van der Waals surface area contributed by atoms with E-state index in [2.05, 4.69) is 36.3 Å². The number of anilines is 1. The first-order chi connectivity index (χ1) is 13.8. The van der Waals surface area contributed by atoms with Gasteiger partial charge in [0.25, 0.3) is 5.91 Å². The molecule has 6 nitrogen and oxygen atoms in total. The van der Waals surface area contributed by atoms with Gasteiger partial charge in [-0.15, -0.1) is 0 Å². The Kier molecular flexibility index (Phi) is 5.21. The number of halogens is 1. The van der Waals surface area contributed by atoms with Crippen LogP contribution in [-0.2, 0) is 19.4 Å². The predicted molar refractivity (Wildman–Crippen MR) is 112 cm³/mol. The number of fused-ring (bicyclic) bond motifs is 1. The van der Waals surface area contributed by atoms with Gasteiger partial charge in [-0.1, -0.05) is 49.7 Å². The summed E-state index contributed by atoms with van der Waals surface area (Å²) in [7, 11) is 0. The highest BCUT2D eigenvalue weighted by molar-refractivity contribution is 6.30. The van der Waals surface area contributed by atoms with Crippen LogP contribution >= 0.6 is 11.6 Å². The number of aromatic nitrogens is 3. The molecule has 3 aromatic rings. The van der Waals surface area contributed by atoms with Crippen LogP contribution in [-0.4, -0.2) is 20.8 Å². The van der Waals surface area contributed by atoms with E-state index in [1.807, 2.05) is 24.3 Å². The van der Waals surface area contributed by atoms with Gasteiger partial charge in [-0.25, -0.2) is 0 Å². The predicted octanol–water partition coefficient (Wildman–Crippen LogP) is 4.98. The Balaban J connectivity index is 1.45. The van der Waals surface area contributed by atoms with Crippen molar-refractivity contribution in [1.82, 2.24) is 14.9 Å². The number of rotatable bonds is 4. The first-order valence-electron chi connectivity index (χ1n) is 9.85. The van der Waals surface area contributed by atoms with E-state index < -0.39 is 0 Å². The lowest BCUT2D eigenvalue weighted by molar-refractivity contribution is 0.101. The lowest BCUT2D eigenvalue weighted by Crippen LogP contribution is -2.27. The molecule has 0 aliphatic heterocycles. The van der Waals surface area contributed by atoms with E-state index >= 15 is 0 Å². The van der Waals surface area contributed by atoms with Crippen molar-refractivity contribution < 1.29 is 9.32 Å². The fourth-order valence-electron chi connectivity index (χ4n) is 3.80. The minimum Gasteiger partial charge on any atom is -0.360 e. The molecule has 1 unspecified atom stereocenters. The first-order valence-corrected chi connectivity index (χ1v) is 10.2. The Morgan fingerprint density at radius 1 is 1.31 bits per heavy atom. The number of amides is 1. The second-order valence-electron chi connectivity index (χ2n) is 8.75. The topological polar surface area (TPSA) is 73.0 Å². The van der Waals surface area contributed by atoms with E-state index in [-0.39, 0.29) is 11.3 Å². The smallest absolute Gasteiger partial charge is 0.278 e. The number of nitrogens with zero attached hydrogens (tertiary/aromatic N) is 3. The van der Waals surface area contributed by atoms with Gasteiger partial charge >= 0.3 is 0 Å². The third-order valence-electron chi connectivity index (χ3n) is 5.63. The van der Waals surface area contributed by atoms with Crippen molar-refractivity contribution in [2.45, 2.75) is 46.6 Å². The van der Waals surface area contributed by atoms with Crippen molar-refractivity contribution in [2.24, 2.45) is 11.3 Å². The normalized spacial score (nSPS) is 16.5. The molecule has 2 aromatic heterocycles. The van der Waals surface area contributed by atoms with Gasteiger partial charge in [0, 0.05) is 23.2 Å². The third-order valence-corrected chi connectivity index (χ3v) is 5.88. The monoisotopic (exact) mass is 412 g/mol. The molecule has 1 aromatic carbocycles. The molecule has 1 aliphatic carbocycles. The zero-order valence-corrected chi connectivity index (χ0v) is 17.7. The average molecular weight is 413 g/mol. The molecule has 7 heteroatoms. The Bertz CT molecular complexity index is 1010. The Morgan fingerprint density at radius 3 is 2.79 bits per heavy atom. The van der Waals surface area contributed by atoms with Crippen LogP contribution in [0.2, 0.25) is 5.02 Å². The van der Waals surface area contributed by atoms with Gasteiger partial charge in [-0.05, 0) is 41.9 Å². The Morgan fingerprint density at radius 2 is 2.07 bits per heavy atom. The molecule has 0 spiro atoms.